The van der Waals surface area contributed by atoms with E-state index in [-0.39, 0.29) is 4.90 Å². The lowest BCUT2D eigenvalue weighted by Crippen LogP contribution is -2.28. The second kappa shape index (κ2) is 5.69. The zero-order valence-corrected chi connectivity index (χ0v) is 11.5. The molecule has 1 aromatic rings. The highest BCUT2D eigenvalue weighted by Gasteiger charge is 2.30. The van der Waals surface area contributed by atoms with Crippen LogP contribution >= 0.6 is 0 Å². The molecule has 0 spiro atoms. The van der Waals surface area contributed by atoms with Gasteiger partial charge in [-0.25, -0.2) is 12.8 Å². The average molecular weight is 306 g/mol. The van der Waals surface area contributed by atoms with Crippen molar-refractivity contribution in [1.29, 1.82) is 0 Å². The molecule has 1 unspecified atom stereocenters. The van der Waals surface area contributed by atoms with Crippen molar-refractivity contribution >= 4 is 20.0 Å². The summed E-state index contributed by atoms with van der Waals surface area (Å²) in [4.78, 5) is -0.259. The van der Waals surface area contributed by atoms with Crippen molar-refractivity contribution < 1.29 is 25.8 Å². The summed E-state index contributed by atoms with van der Waals surface area (Å²) < 4.78 is 67.3. The number of benzene rings is 1. The van der Waals surface area contributed by atoms with Crippen LogP contribution in [0.2, 0.25) is 0 Å². The molecule has 1 atom stereocenters. The Morgan fingerprint density at radius 1 is 1.21 bits per heavy atom. The molecule has 1 rings (SSSR count). The van der Waals surface area contributed by atoms with Crippen molar-refractivity contribution in [2.24, 2.45) is 0 Å². The summed E-state index contributed by atoms with van der Waals surface area (Å²) in [5.74, 6) is 2.87. The highest BCUT2D eigenvalue weighted by molar-refractivity contribution is 7.94. The monoisotopic (exact) mass is 306 g/mol. The van der Waals surface area contributed by atoms with Crippen LogP contribution in [-0.2, 0) is 20.0 Å². The molecule has 19 heavy (non-hydrogen) atoms. The molecule has 0 bridgehead atoms. The quantitative estimate of drug-likeness (QED) is 0.507. The Hall–Kier alpha value is -1.43. The van der Waals surface area contributed by atoms with Crippen molar-refractivity contribution in [3.05, 3.63) is 30.1 Å². The average Bonchev–Trinajstić information content (AvgIpc) is 2.27. The van der Waals surface area contributed by atoms with Gasteiger partial charge in [-0.1, -0.05) is 5.92 Å². The fraction of sp³-hybridized carbons (Fsp3) is 0.273. The fourth-order valence-electron chi connectivity index (χ4n) is 1.35. The lowest BCUT2D eigenvalue weighted by Gasteiger charge is -2.10. The van der Waals surface area contributed by atoms with Crippen LogP contribution < -0.4 is 0 Å². The first-order valence-electron chi connectivity index (χ1n) is 5.04. The second-order valence-electron chi connectivity index (χ2n) is 3.63. The molecule has 5 nitrogen and oxygen atoms in total. The molecule has 0 aromatic heterocycles. The maximum Gasteiger partial charge on any atom is 0.267 e. The molecule has 0 aliphatic carbocycles. The molecule has 0 saturated carbocycles. The van der Waals surface area contributed by atoms with Crippen molar-refractivity contribution in [2.45, 2.75) is 17.1 Å². The van der Waals surface area contributed by atoms with E-state index >= 15 is 0 Å². The Morgan fingerprint density at radius 3 is 2.16 bits per heavy atom. The molecule has 8 heteroatoms. The van der Waals surface area contributed by atoms with Gasteiger partial charge < -0.3 is 0 Å². The number of hydrogen-bond acceptors (Lipinski definition) is 4. The molecule has 0 aliphatic rings. The van der Waals surface area contributed by atoms with E-state index in [1.807, 2.05) is 0 Å². The van der Waals surface area contributed by atoms with Crippen LogP contribution in [0.25, 0.3) is 0 Å². The fourth-order valence-corrected chi connectivity index (χ4v) is 4.17. The van der Waals surface area contributed by atoms with Crippen molar-refractivity contribution in [3.63, 3.8) is 0 Å². The molecule has 1 aromatic carbocycles. The van der Waals surface area contributed by atoms with Gasteiger partial charge in [0.1, 0.15) is 16.8 Å². The molecule has 0 amide bonds. The predicted molar refractivity (Wildman–Crippen MR) is 67.2 cm³/mol. The van der Waals surface area contributed by atoms with Crippen molar-refractivity contribution in [3.8, 4) is 11.8 Å². The summed E-state index contributed by atoms with van der Waals surface area (Å²) in [6, 6.07) is 3.91. The zero-order chi connectivity index (χ0) is 14.7. The summed E-state index contributed by atoms with van der Waals surface area (Å²) in [6.45, 7) is 1.34. The van der Waals surface area contributed by atoms with Crippen LogP contribution in [0.1, 0.15) is 6.92 Å². The van der Waals surface area contributed by atoms with E-state index < -0.39 is 36.8 Å². The van der Waals surface area contributed by atoms with Gasteiger partial charge in [-0.05, 0) is 31.2 Å². The van der Waals surface area contributed by atoms with Gasteiger partial charge in [0, 0.05) is 0 Å². The Morgan fingerprint density at radius 2 is 1.74 bits per heavy atom. The van der Waals surface area contributed by atoms with Gasteiger partial charge in [0.2, 0.25) is 0 Å². The minimum atomic E-state index is -4.50. The van der Waals surface area contributed by atoms with Crippen molar-refractivity contribution in [1.82, 2.24) is 0 Å². The first-order valence-corrected chi connectivity index (χ1v) is 8.19. The zero-order valence-electron chi connectivity index (χ0n) is 9.87. The molecule has 104 valence electrons. The predicted octanol–water partition coefficient (Wildman–Crippen LogP) is 0.879. The second-order valence-corrected chi connectivity index (χ2v) is 7.26. The van der Waals surface area contributed by atoms with Crippen LogP contribution in [-0.4, -0.2) is 32.4 Å². The molecule has 1 N–H and O–H groups in total. The maximum atomic E-state index is 12.7. The molecule has 0 fully saturated rings. The Kier molecular flexibility index (Phi) is 4.68. The third-order valence-electron chi connectivity index (χ3n) is 2.18. The van der Waals surface area contributed by atoms with E-state index in [0.717, 1.165) is 24.3 Å². The lowest BCUT2D eigenvalue weighted by molar-refractivity contribution is 0.482. The number of halogens is 1. The number of sulfone groups is 1. The van der Waals surface area contributed by atoms with E-state index in [1.165, 1.54) is 6.92 Å². The van der Waals surface area contributed by atoms with Gasteiger partial charge in [-0.15, -0.1) is 5.92 Å². The van der Waals surface area contributed by atoms with Gasteiger partial charge in [0.05, 0.1) is 4.90 Å². The molecule has 0 saturated heterocycles. The number of hydrogen-bond donors (Lipinski definition) is 1. The van der Waals surface area contributed by atoms with E-state index in [0.29, 0.717) is 0 Å². The molecular formula is C11H11FO5S2. The Balaban J connectivity index is 3.27. The van der Waals surface area contributed by atoms with Gasteiger partial charge in [0.25, 0.3) is 10.1 Å². The number of rotatable bonds is 4. The highest BCUT2D eigenvalue weighted by atomic mass is 32.2. The molecule has 0 heterocycles. The van der Waals surface area contributed by atoms with Gasteiger partial charge in [-0.2, -0.15) is 8.42 Å². The topological polar surface area (TPSA) is 88.5 Å². The SMILES string of the molecule is CC#CC(CS(=O)(=O)O)S(=O)(=O)c1ccc(F)cc1. The lowest BCUT2D eigenvalue weighted by atomic mass is 10.3. The van der Waals surface area contributed by atoms with E-state index in [9.17, 15) is 21.2 Å². The van der Waals surface area contributed by atoms with Crippen molar-refractivity contribution in [2.75, 3.05) is 5.75 Å². The first-order chi connectivity index (χ1) is 8.66. The summed E-state index contributed by atoms with van der Waals surface area (Å²) in [5, 5.41) is -1.60. The smallest absolute Gasteiger partial charge is 0.267 e. The van der Waals surface area contributed by atoms with E-state index in [4.69, 9.17) is 4.55 Å². The van der Waals surface area contributed by atoms with Gasteiger partial charge in [0.15, 0.2) is 9.84 Å². The Labute approximate surface area is 111 Å². The molecular weight excluding hydrogens is 295 g/mol. The van der Waals surface area contributed by atoms with Crippen LogP contribution in [0.3, 0.4) is 0 Å². The van der Waals surface area contributed by atoms with Crippen LogP contribution in [0.15, 0.2) is 29.2 Å². The van der Waals surface area contributed by atoms with Crippen LogP contribution in [0.4, 0.5) is 4.39 Å². The molecule has 0 radical (unpaired) electrons. The van der Waals surface area contributed by atoms with Gasteiger partial charge >= 0.3 is 0 Å². The van der Waals surface area contributed by atoms with Gasteiger partial charge in [-0.3, -0.25) is 4.55 Å². The third-order valence-corrected chi connectivity index (χ3v) is 5.11. The molecule has 0 aliphatic heterocycles. The minimum absolute atomic E-state index is 0.259. The summed E-state index contributed by atoms with van der Waals surface area (Å²) in [7, 11) is -8.59. The largest absolute Gasteiger partial charge is 0.285 e. The third kappa shape index (κ3) is 4.31. The van der Waals surface area contributed by atoms with E-state index in [2.05, 4.69) is 11.8 Å². The first kappa shape index (κ1) is 15.6. The summed E-state index contributed by atoms with van der Waals surface area (Å²) in [6.07, 6.45) is 0. The summed E-state index contributed by atoms with van der Waals surface area (Å²) in [5.41, 5.74) is 0. The Bertz CT molecular complexity index is 709. The normalized spacial score (nSPS) is 13.4. The van der Waals surface area contributed by atoms with E-state index in [1.54, 1.807) is 0 Å². The maximum absolute atomic E-state index is 12.7. The summed E-state index contributed by atoms with van der Waals surface area (Å²) >= 11 is 0. The van der Waals surface area contributed by atoms with Crippen LogP contribution in [0, 0.1) is 17.7 Å². The van der Waals surface area contributed by atoms with Crippen LogP contribution in [0.5, 0.6) is 0 Å². The highest BCUT2D eigenvalue weighted by Crippen LogP contribution is 2.17. The standard InChI is InChI=1S/C11H11FO5S2/c1-2-3-11(8-18(13,14)15)19(16,17)10-6-4-9(12)5-7-10/h4-7,11H,8H2,1H3,(H,13,14,15). The minimum Gasteiger partial charge on any atom is -0.285 e.